The van der Waals surface area contributed by atoms with E-state index >= 15 is 0 Å². The average Bonchev–Trinajstić information content (AvgIpc) is 2.89. The molecule has 0 bridgehead atoms. The Labute approximate surface area is 107 Å². The Hall–Kier alpha value is -1.44. The molecule has 0 aliphatic carbocycles. The summed E-state index contributed by atoms with van der Waals surface area (Å²) >= 11 is 2.59. The van der Waals surface area contributed by atoms with Crippen LogP contribution in [0.4, 0.5) is 0 Å². The van der Waals surface area contributed by atoms with Crippen molar-refractivity contribution in [2.75, 3.05) is 0 Å². The number of hydrogen-bond donors (Lipinski definition) is 2. The Balaban J connectivity index is 2.23. The number of hydrazine groups is 1. The third kappa shape index (κ3) is 3.02. The molecule has 2 rings (SSSR count). The Bertz CT molecular complexity index is 474. The fraction of sp³-hybridized carbons (Fsp3) is 0.100. The summed E-state index contributed by atoms with van der Waals surface area (Å²) in [6.45, 7) is 0. The molecule has 1 aromatic heterocycles. The van der Waals surface area contributed by atoms with Gasteiger partial charge in [-0.2, -0.15) is 4.37 Å². The van der Waals surface area contributed by atoms with Crippen molar-refractivity contribution in [1.29, 1.82) is 0 Å². The summed E-state index contributed by atoms with van der Waals surface area (Å²) in [4.78, 5) is 15.8. The maximum Gasteiger partial charge on any atom is 0.251 e. The van der Waals surface area contributed by atoms with Crippen molar-refractivity contribution in [3.05, 3.63) is 42.2 Å². The number of amides is 1. The van der Waals surface area contributed by atoms with Crippen LogP contribution in [0.2, 0.25) is 0 Å². The van der Waals surface area contributed by atoms with E-state index in [9.17, 15) is 4.79 Å². The summed E-state index contributed by atoms with van der Waals surface area (Å²) in [5.41, 5.74) is 3.06. The molecule has 1 aromatic carbocycles. The minimum absolute atomic E-state index is 0.253. The van der Waals surface area contributed by atoms with Gasteiger partial charge in [0, 0.05) is 0 Å². The van der Waals surface area contributed by atoms with Gasteiger partial charge in [-0.1, -0.05) is 42.1 Å². The number of carbonyl (C=O) groups excluding carboxylic acids is 1. The summed E-state index contributed by atoms with van der Waals surface area (Å²) in [6, 6.07) is 9.43. The highest BCUT2D eigenvalue weighted by molar-refractivity contribution is 8.01. The molecule has 0 fully saturated rings. The van der Waals surface area contributed by atoms with E-state index < -0.39 is 5.25 Å². The van der Waals surface area contributed by atoms with Crippen molar-refractivity contribution < 1.29 is 4.79 Å². The number of hydrogen-bond acceptors (Lipinski definition) is 6. The second-order valence-electron chi connectivity index (χ2n) is 3.12. The quantitative estimate of drug-likeness (QED) is 0.378. The summed E-state index contributed by atoms with van der Waals surface area (Å²) in [5, 5.41) is -0.408. The van der Waals surface area contributed by atoms with Gasteiger partial charge in [0.05, 0.1) is 0 Å². The van der Waals surface area contributed by atoms with Gasteiger partial charge in [0.25, 0.3) is 5.91 Å². The van der Waals surface area contributed by atoms with E-state index in [0.717, 1.165) is 9.90 Å². The molecule has 2 aromatic rings. The molecule has 0 aliphatic heterocycles. The van der Waals surface area contributed by atoms with Gasteiger partial charge >= 0.3 is 0 Å². The zero-order valence-electron chi connectivity index (χ0n) is 8.74. The number of carbonyl (C=O) groups is 1. The van der Waals surface area contributed by atoms with Gasteiger partial charge in [0.2, 0.25) is 0 Å². The van der Waals surface area contributed by atoms with Gasteiger partial charge in [-0.05, 0) is 17.1 Å². The molecular weight excluding hydrogens is 256 g/mol. The SMILES string of the molecule is NNC(=O)C(Sc1ncns1)c1ccccc1. The molecule has 1 heterocycles. The van der Waals surface area contributed by atoms with E-state index in [1.54, 1.807) is 0 Å². The Morgan fingerprint density at radius 2 is 2.18 bits per heavy atom. The third-order valence-corrected chi connectivity index (χ3v) is 4.05. The maximum atomic E-state index is 11.7. The van der Waals surface area contributed by atoms with E-state index in [4.69, 9.17) is 5.84 Å². The van der Waals surface area contributed by atoms with Crippen LogP contribution in [0.3, 0.4) is 0 Å². The second-order valence-corrected chi connectivity index (χ2v) is 5.26. The third-order valence-electron chi connectivity index (χ3n) is 2.04. The Morgan fingerprint density at radius 1 is 1.41 bits per heavy atom. The molecule has 1 atom stereocenters. The fourth-order valence-corrected chi connectivity index (χ4v) is 2.94. The molecule has 0 saturated carbocycles. The minimum atomic E-state index is -0.408. The van der Waals surface area contributed by atoms with Crippen molar-refractivity contribution in [1.82, 2.24) is 14.8 Å². The van der Waals surface area contributed by atoms with E-state index in [1.807, 2.05) is 30.3 Å². The number of benzene rings is 1. The number of rotatable bonds is 4. The Kier molecular flexibility index (Phi) is 4.08. The smallest absolute Gasteiger partial charge is 0.251 e. The van der Waals surface area contributed by atoms with Crippen molar-refractivity contribution in [2.24, 2.45) is 5.84 Å². The predicted octanol–water partition coefficient (Wildman–Crippen LogP) is 1.36. The molecule has 0 spiro atoms. The number of nitrogens with zero attached hydrogens (tertiary/aromatic N) is 2. The highest BCUT2D eigenvalue weighted by atomic mass is 32.2. The van der Waals surface area contributed by atoms with Crippen LogP contribution in [-0.4, -0.2) is 15.3 Å². The predicted molar refractivity (Wildman–Crippen MR) is 67.3 cm³/mol. The Morgan fingerprint density at radius 3 is 2.76 bits per heavy atom. The molecule has 0 aliphatic rings. The van der Waals surface area contributed by atoms with E-state index in [2.05, 4.69) is 14.8 Å². The molecule has 1 unspecified atom stereocenters. The number of nitrogens with two attached hydrogens (primary N) is 1. The summed E-state index contributed by atoms with van der Waals surface area (Å²) in [6.07, 6.45) is 1.47. The van der Waals surface area contributed by atoms with Gasteiger partial charge in [0.15, 0.2) is 4.34 Å². The molecule has 0 saturated heterocycles. The van der Waals surface area contributed by atoms with Crippen molar-refractivity contribution >= 4 is 29.2 Å². The van der Waals surface area contributed by atoms with Gasteiger partial charge in [-0.3, -0.25) is 10.2 Å². The van der Waals surface area contributed by atoms with Gasteiger partial charge < -0.3 is 0 Å². The van der Waals surface area contributed by atoms with Crippen molar-refractivity contribution in [2.45, 2.75) is 9.59 Å². The lowest BCUT2D eigenvalue weighted by molar-refractivity contribution is -0.120. The van der Waals surface area contributed by atoms with Crippen LogP contribution in [0.15, 0.2) is 41.0 Å². The van der Waals surface area contributed by atoms with E-state index in [0.29, 0.717) is 0 Å². The van der Waals surface area contributed by atoms with Crippen LogP contribution in [0.5, 0.6) is 0 Å². The normalized spacial score (nSPS) is 12.1. The van der Waals surface area contributed by atoms with Crippen LogP contribution >= 0.6 is 23.3 Å². The zero-order valence-corrected chi connectivity index (χ0v) is 10.4. The molecule has 0 radical (unpaired) electrons. The van der Waals surface area contributed by atoms with Crippen LogP contribution in [-0.2, 0) is 4.79 Å². The first-order valence-electron chi connectivity index (χ1n) is 4.80. The highest BCUT2D eigenvalue weighted by Crippen LogP contribution is 2.35. The van der Waals surface area contributed by atoms with Gasteiger partial charge in [-0.15, -0.1) is 0 Å². The maximum absolute atomic E-state index is 11.7. The van der Waals surface area contributed by atoms with Crippen LogP contribution in [0.1, 0.15) is 10.8 Å². The lowest BCUT2D eigenvalue weighted by atomic mass is 10.1. The van der Waals surface area contributed by atoms with Crippen LogP contribution in [0, 0.1) is 0 Å². The van der Waals surface area contributed by atoms with Crippen molar-refractivity contribution in [3.63, 3.8) is 0 Å². The molecule has 3 N–H and O–H groups in total. The first kappa shape index (κ1) is 12.0. The monoisotopic (exact) mass is 266 g/mol. The molecule has 7 heteroatoms. The topological polar surface area (TPSA) is 80.9 Å². The molecular formula is C10H10N4OS2. The largest absolute Gasteiger partial charge is 0.293 e. The standard InChI is InChI=1S/C10H10N4OS2/c11-14-9(15)8(7-4-2-1-3-5-7)16-10-12-6-13-17-10/h1-6,8H,11H2,(H,14,15). The summed E-state index contributed by atoms with van der Waals surface area (Å²) in [7, 11) is 0. The minimum Gasteiger partial charge on any atom is -0.293 e. The molecule has 1 amide bonds. The van der Waals surface area contributed by atoms with E-state index in [-0.39, 0.29) is 5.91 Å². The van der Waals surface area contributed by atoms with E-state index in [1.165, 1.54) is 29.6 Å². The lowest BCUT2D eigenvalue weighted by Crippen LogP contribution is -2.33. The average molecular weight is 266 g/mol. The fourth-order valence-electron chi connectivity index (χ4n) is 1.29. The molecule has 5 nitrogen and oxygen atoms in total. The van der Waals surface area contributed by atoms with Gasteiger partial charge in [-0.25, -0.2) is 10.8 Å². The summed E-state index contributed by atoms with van der Waals surface area (Å²) < 4.78 is 4.64. The first-order valence-corrected chi connectivity index (χ1v) is 6.45. The van der Waals surface area contributed by atoms with Crippen molar-refractivity contribution in [3.8, 4) is 0 Å². The molecule has 88 valence electrons. The number of aromatic nitrogens is 2. The van der Waals surface area contributed by atoms with Crippen LogP contribution < -0.4 is 11.3 Å². The summed E-state index contributed by atoms with van der Waals surface area (Å²) in [5.74, 6) is 4.94. The number of thioether (sulfide) groups is 1. The van der Waals surface area contributed by atoms with Gasteiger partial charge in [0.1, 0.15) is 11.6 Å². The number of nitrogens with one attached hydrogen (secondary N) is 1. The first-order chi connectivity index (χ1) is 8.31. The second kappa shape index (κ2) is 5.76. The van der Waals surface area contributed by atoms with Crippen LogP contribution in [0.25, 0.3) is 0 Å². The zero-order chi connectivity index (χ0) is 12.1. The molecule has 17 heavy (non-hydrogen) atoms. The lowest BCUT2D eigenvalue weighted by Gasteiger charge is -2.13. The highest BCUT2D eigenvalue weighted by Gasteiger charge is 2.22.